The summed E-state index contributed by atoms with van der Waals surface area (Å²) < 4.78 is 13.1. The molecule has 2 saturated heterocycles. The van der Waals surface area contributed by atoms with E-state index in [0.29, 0.717) is 24.8 Å². The molecule has 166 valence electrons. The minimum atomic E-state index is -0.267. The average molecular weight is 426 g/mol. The largest absolute Gasteiger partial charge is 0.355 e. The molecule has 7 heteroatoms. The molecule has 3 heterocycles. The zero-order valence-corrected chi connectivity index (χ0v) is 18.3. The zero-order chi connectivity index (χ0) is 21.6. The number of hydrogen-bond acceptors (Lipinski definition) is 5. The van der Waals surface area contributed by atoms with Crippen LogP contribution in [0.1, 0.15) is 39.0 Å². The molecule has 2 aliphatic heterocycles. The van der Waals surface area contributed by atoms with Gasteiger partial charge in [-0.1, -0.05) is 6.42 Å². The molecule has 1 aromatic carbocycles. The summed E-state index contributed by atoms with van der Waals surface area (Å²) in [6.07, 6.45) is 5.70. The maximum absolute atomic E-state index is 13.1. The highest BCUT2D eigenvalue weighted by molar-refractivity contribution is 5.79. The van der Waals surface area contributed by atoms with E-state index in [1.54, 1.807) is 12.1 Å². The molecule has 1 aromatic heterocycles. The third-order valence-corrected chi connectivity index (χ3v) is 6.55. The fraction of sp³-hybridized carbons (Fsp3) is 0.542. The van der Waals surface area contributed by atoms with Crippen LogP contribution in [-0.2, 0) is 4.79 Å². The van der Waals surface area contributed by atoms with E-state index in [2.05, 4.69) is 32.2 Å². The van der Waals surface area contributed by atoms with Gasteiger partial charge < -0.3 is 10.2 Å². The van der Waals surface area contributed by atoms with Gasteiger partial charge in [-0.15, -0.1) is 10.2 Å². The first-order chi connectivity index (χ1) is 15.1. The van der Waals surface area contributed by atoms with Crippen molar-refractivity contribution >= 4 is 11.7 Å². The van der Waals surface area contributed by atoms with Crippen molar-refractivity contribution in [3.05, 3.63) is 42.2 Å². The van der Waals surface area contributed by atoms with Crippen LogP contribution >= 0.6 is 0 Å². The van der Waals surface area contributed by atoms with E-state index in [0.717, 1.165) is 43.9 Å². The van der Waals surface area contributed by atoms with Gasteiger partial charge >= 0.3 is 0 Å². The van der Waals surface area contributed by atoms with Crippen LogP contribution in [-0.4, -0.2) is 59.8 Å². The molecule has 2 aliphatic rings. The number of likely N-dealkylation sites (tertiary alicyclic amines) is 1. The first-order valence-electron chi connectivity index (χ1n) is 11.5. The molecule has 2 fully saturated rings. The number of carbonyl (C=O) groups excluding carboxylic acids is 1. The number of anilines is 1. The van der Waals surface area contributed by atoms with Crippen molar-refractivity contribution in [2.45, 2.75) is 45.1 Å². The van der Waals surface area contributed by atoms with Crippen molar-refractivity contribution in [3.63, 3.8) is 0 Å². The molecule has 4 rings (SSSR count). The third-order valence-electron chi connectivity index (χ3n) is 6.55. The molecule has 1 amide bonds. The van der Waals surface area contributed by atoms with Crippen LogP contribution in [0.5, 0.6) is 0 Å². The van der Waals surface area contributed by atoms with Crippen molar-refractivity contribution < 1.29 is 9.18 Å². The van der Waals surface area contributed by atoms with Crippen LogP contribution in [0, 0.1) is 11.7 Å². The van der Waals surface area contributed by atoms with Crippen LogP contribution in [0.4, 0.5) is 10.2 Å². The van der Waals surface area contributed by atoms with Crippen LogP contribution in [0.15, 0.2) is 36.4 Å². The molecule has 2 unspecified atom stereocenters. The Kier molecular flexibility index (Phi) is 7.12. The van der Waals surface area contributed by atoms with E-state index in [4.69, 9.17) is 0 Å². The normalized spacial score (nSPS) is 22.3. The second-order valence-electron chi connectivity index (χ2n) is 8.74. The number of hydrogen-bond donors (Lipinski definition) is 1. The summed E-state index contributed by atoms with van der Waals surface area (Å²) in [6.45, 7) is 6.60. The summed E-state index contributed by atoms with van der Waals surface area (Å²) >= 11 is 0. The number of halogens is 1. The Morgan fingerprint density at radius 1 is 1.06 bits per heavy atom. The number of nitrogens with zero attached hydrogens (tertiary/aromatic N) is 4. The highest BCUT2D eigenvalue weighted by atomic mass is 19.1. The summed E-state index contributed by atoms with van der Waals surface area (Å²) in [7, 11) is 0. The number of benzene rings is 1. The minimum Gasteiger partial charge on any atom is -0.355 e. The molecule has 2 atom stereocenters. The van der Waals surface area contributed by atoms with E-state index >= 15 is 0 Å². The molecular weight excluding hydrogens is 393 g/mol. The molecule has 0 saturated carbocycles. The standard InChI is InChI=1S/C24H32FN5O/c1-18-5-2-3-14-29(18)16-13-26-24(31)20-6-4-15-30(17-20)23-12-11-22(27-28-23)19-7-9-21(25)10-8-19/h7-12,18,20H,2-6,13-17H2,1H3,(H,26,31). The molecule has 0 aliphatic carbocycles. The lowest BCUT2D eigenvalue weighted by molar-refractivity contribution is -0.125. The lowest BCUT2D eigenvalue weighted by atomic mass is 9.97. The van der Waals surface area contributed by atoms with Gasteiger partial charge in [0.2, 0.25) is 5.91 Å². The summed E-state index contributed by atoms with van der Waals surface area (Å²) in [4.78, 5) is 17.4. The Bertz CT molecular complexity index is 857. The van der Waals surface area contributed by atoms with Crippen LogP contribution in [0.2, 0.25) is 0 Å². The summed E-state index contributed by atoms with van der Waals surface area (Å²) in [6, 6.07) is 10.7. The summed E-state index contributed by atoms with van der Waals surface area (Å²) in [5.74, 6) is 0.637. The summed E-state index contributed by atoms with van der Waals surface area (Å²) in [5.41, 5.74) is 1.54. The highest BCUT2D eigenvalue weighted by Gasteiger charge is 2.27. The van der Waals surface area contributed by atoms with Crippen LogP contribution in [0.25, 0.3) is 11.3 Å². The van der Waals surface area contributed by atoms with Gasteiger partial charge in [-0.25, -0.2) is 4.39 Å². The predicted molar refractivity (Wildman–Crippen MR) is 120 cm³/mol. The second kappa shape index (κ2) is 10.2. The molecule has 31 heavy (non-hydrogen) atoms. The Morgan fingerprint density at radius 2 is 1.90 bits per heavy atom. The molecule has 0 bridgehead atoms. The zero-order valence-electron chi connectivity index (χ0n) is 18.3. The molecule has 6 nitrogen and oxygen atoms in total. The van der Waals surface area contributed by atoms with E-state index in [-0.39, 0.29) is 17.6 Å². The maximum atomic E-state index is 13.1. The number of rotatable bonds is 6. The van der Waals surface area contributed by atoms with Gasteiger partial charge in [0.05, 0.1) is 11.6 Å². The molecular formula is C24H32FN5O. The number of nitrogens with one attached hydrogen (secondary N) is 1. The van der Waals surface area contributed by atoms with Gasteiger partial charge in [-0.2, -0.15) is 0 Å². The van der Waals surface area contributed by atoms with Gasteiger partial charge in [0, 0.05) is 37.8 Å². The van der Waals surface area contributed by atoms with Crippen molar-refractivity contribution in [2.75, 3.05) is 37.6 Å². The molecule has 0 radical (unpaired) electrons. The molecule has 2 aromatic rings. The monoisotopic (exact) mass is 425 g/mol. The van der Waals surface area contributed by atoms with E-state index in [1.165, 1.54) is 31.4 Å². The molecule has 1 N–H and O–H groups in total. The van der Waals surface area contributed by atoms with Crippen LogP contribution < -0.4 is 10.2 Å². The SMILES string of the molecule is CC1CCCCN1CCNC(=O)C1CCCN(c2ccc(-c3ccc(F)cc3)nn2)C1. The smallest absolute Gasteiger partial charge is 0.224 e. The van der Waals surface area contributed by atoms with Gasteiger partial charge in [0.25, 0.3) is 0 Å². The highest BCUT2D eigenvalue weighted by Crippen LogP contribution is 2.24. The maximum Gasteiger partial charge on any atom is 0.224 e. The number of aromatic nitrogens is 2. The third kappa shape index (κ3) is 5.58. The topological polar surface area (TPSA) is 61.4 Å². The van der Waals surface area contributed by atoms with Gasteiger partial charge in [0.1, 0.15) is 5.82 Å². The fourth-order valence-electron chi connectivity index (χ4n) is 4.62. The molecule has 0 spiro atoms. The Labute approximate surface area is 183 Å². The quantitative estimate of drug-likeness (QED) is 0.768. The van der Waals surface area contributed by atoms with Gasteiger partial charge in [-0.05, 0) is 75.5 Å². The van der Waals surface area contributed by atoms with E-state index in [1.807, 2.05) is 12.1 Å². The average Bonchev–Trinajstić information content (AvgIpc) is 2.81. The Hall–Kier alpha value is -2.54. The van der Waals surface area contributed by atoms with E-state index in [9.17, 15) is 9.18 Å². The lowest BCUT2D eigenvalue weighted by Gasteiger charge is -2.34. The van der Waals surface area contributed by atoms with Crippen molar-refractivity contribution in [2.24, 2.45) is 5.92 Å². The number of piperidine rings is 2. The Morgan fingerprint density at radius 3 is 2.65 bits per heavy atom. The van der Waals surface area contributed by atoms with Gasteiger partial charge in [0.15, 0.2) is 5.82 Å². The second-order valence-corrected chi connectivity index (χ2v) is 8.74. The lowest BCUT2D eigenvalue weighted by Crippen LogP contribution is -2.46. The number of carbonyl (C=O) groups is 1. The van der Waals surface area contributed by atoms with Crippen molar-refractivity contribution in [3.8, 4) is 11.3 Å². The van der Waals surface area contributed by atoms with E-state index < -0.39 is 0 Å². The fourth-order valence-corrected chi connectivity index (χ4v) is 4.62. The van der Waals surface area contributed by atoms with Crippen molar-refractivity contribution in [1.82, 2.24) is 20.4 Å². The first-order valence-corrected chi connectivity index (χ1v) is 11.5. The Balaban J connectivity index is 1.29. The summed E-state index contributed by atoms with van der Waals surface area (Å²) in [5, 5.41) is 11.8. The van der Waals surface area contributed by atoms with Crippen molar-refractivity contribution in [1.29, 1.82) is 0 Å². The predicted octanol–water partition coefficient (Wildman–Crippen LogP) is 3.49. The first kappa shape index (κ1) is 21.7. The van der Waals surface area contributed by atoms with Gasteiger partial charge in [-0.3, -0.25) is 9.69 Å². The van der Waals surface area contributed by atoms with Crippen LogP contribution in [0.3, 0.4) is 0 Å². The minimum absolute atomic E-state index is 0.0221. The number of amides is 1.